The molecule has 0 radical (unpaired) electrons. The molecule has 1 aromatic rings. The highest BCUT2D eigenvalue weighted by Gasteiger charge is 2.17. The zero-order valence-corrected chi connectivity index (χ0v) is 11.9. The first kappa shape index (κ1) is 14.2. The molecular formula is C14H25N5. The molecule has 2 rings (SSSR count). The zero-order valence-electron chi connectivity index (χ0n) is 11.9. The molecule has 5 heteroatoms. The van der Waals surface area contributed by atoms with Crippen LogP contribution in [0.3, 0.4) is 0 Å². The first-order chi connectivity index (χ1) is 9.29. The van der Waals surface area contributed by atoms with Crippen molar-refractivity contribution in [3.8, 4) is 0 Å². The summed E-state index contributed by atoms with van der Waals surface area (Å²) in [6, 6.07) is 2.07. The van der Waals surface area contributed by atoms with Crippen LogP contribution >= 0.6 is 0 Å². The number of rotatable bonds is 6. The summed E-state index contributed by atoms with van der Waals surface area (Å²) >= 11 is 0. The van der Waals surface area contributed by atoms with Gasteiger partial charge in [-0.2, -0.15) is 0 Å². The molecule has 0 saturated carbocycles. The number of hydrogen-bond acceptors (Lipinski definition) is 5. The van der Waals surface area contributed by atoms with E-state index in [1.807, 2.05) is 6.92 Å². The Morgan fingerprint density at radius 3 is 2.58 bits per heavy atom. The minimum absolute atomic E-state index is 0.820. The van der Waals surface area contributed by atoms with Gasteiger partial charge in [-0.3, -0.25) is 4.90 Å². The standard InChI is InChI=1S/C14H25N5/c1-13-11-14(17-12-16-13)19-9-7-18(8-10-19)6-4-2-3-5-15/h11-12H,2-10,15H2,1H3. The highest BCUT2D eigenvalue weighted by Crippen LogP contribution is 2.13. The average molecular weight is 263 g/mol. The van der Waals surface area contributed by atoms with Crippen LogP contribution in [0.2, 0.25) is 0 Å². The van der Waals surface area contributed by atoms with Crippen LogP contribution in [0.15, 0.2) is 12.4 Å². The number of aryl methyl sites for hydroxylation is 1. The van der Waals surface area contributed by atoms with Crippen molar-refractivity contribution in [1.82, 2.24) is 14.9 Å². The third kappa shape index (κ3) is 4.44. The van der Waals surface area contributed by atoms with E-state index in [1.165, 1.54) is 19.4 Å². The molecule has 2 heterocycles. The highest BCUT2D eigenvalue weighted by atomic mass is 15.3. The van der Waals surface area contributed by atoms with Gasteiger partial charge < -0.3 is 10.6 Å². The number of piperazine rings is 1. The Kier molecular flexibility index (Phi) is 5.54. The molecule has 1 aliphatic heterocycles. The quantitative estimate of drug-likeness (QED) is 0.777. The van der Waals surface area contributed by atoms with Crippen LogP contribution in [0.1, 0.15) is 25.0 Å². The van der Waals surface area contributed by atoms with E-state index in [9.17, 15) is 0 Å². The first-order valence-corrected chi connectivity index (χ1v) is 7.25. The van der Waals surface area contributed by atoms with E-state index in [-0.39, 0.29) is 0 Å². The van der Waals surface area contributed by atoms with Crippen molar-refractivity contribution < 1.29 is 0 Å². The zero-order chi connectivity index (χ0) is 13.5. The van der Waals surface area contributed by atoms with Gasteiger partial charge in [0, 0.05) is 37.9 Å². The van der Waals surface area contributed by atoms with Gasteiger partial charge in [0.25, 0.3) is 0 Å². The SMILES string of the molecule is Cc1cc(N2CCN(CCCCCN)CC2)ncn1. The van der Waals surface area contributed by atoms with Crippen molar-refractivity contribution in [3.05, 3.63) is 18.1 Å². The summed E-state index contributed by atoms with van der Waals surface area (Å²) in [7, 11) is 0. The van der Waals surface area contributed by atoms with Crippen LogP contribution < -0.4 is 10.6 Å². The fourth-order valence-electron chi connectivity index (χ4n) is 2.47. The van der Waals surface area contributed by atoms with Gasteiger partial charge in [-0.25, -0.2) is 9.97 Å². The Morgan fingerprint density at radius 2 is 1.89 bits per heavy atom. The summed E-state index contributed by atoms with van der Waals surface area (Å²) in [4.78, 5) is 13.4. The minimum atomic E-state index is 0.820. The molecule has 0 atom stereocenters. The number of anilines is 1. The largest absolute Gasteiger partial charge is 0.354 e. The van der Waals surface area contributed by atoms with E-state index in [4.69, 9.17) is 5.73 Å². The van der Waals surface area contributed by atoms with Gasteiger partial charge >= 0.3 is 0 Å². The van der Waals surface area contributed by atoms with Crippen LogP contribution in [-0.4, -0.2) is 54.1 Å². The number of unbranched alkanes of at least 4 members (excludes halogenated alkanes) is 2. The van der Waals surface area contributed by atoms with Gasteiger partial charge in [-0.1, -0.05) is 6.42 Å². The molecule has 19 heavy (non-hydrogen) atoms. The van der Waals surface area contributed by atoms with Gasteiger partial charge in [0.2, 0.25) is 0 Å². The molecule has 0 amide bonds. The Balaban J connectivity index is 1.73. The van der Waals surface area contributed by atoms with Gasteiger partial charge in [0.15, 0.2) is 0 Å². The predicted molar refractivity (Wildman–Crippen MR) is 78.3 cm³/mol. The molecule has 0 bridgehead atoms. The summed E-state index contributed by atoms with van der Waals surface area (Å²) in [6.45, 7) is 8.42. The predicted octanol–water partition coefficient (Wildman–Crippen LogP) is 1.04. The maximum Gasteiger partial charge on any atom is 0.132 e. The second-order valence-corrected chi connectivity index (χ2v) is 5.20. The first-order valence-electron chi connectivity index (χ1n) is 7.25. The third-order valence-corrected chi connectivity index (χ3v) is 3.66. The summed E-state index contributed by atoms with van der Waals surface area (Å²) in [5, 5.41) is 0. The number of nitrogens with zero attached hydrogens (tertiary/aromatic N) is 4. The average Bonchev–Trinajstić information content (AvgIpc) is 2.44. The smallest absolute Gasteiger partial charge is 0.132 e. The second kappa shape index (κ2) is 7.40. The van der Waals surface area contributed by atoms with Gasteiger partial charge in [0.1, 0.15) is 12.1 Å². The molecule has 2 N–H and O–H groups in total. The summed E-state index contributed by atoms with van der Waals surface area (Å²) < 4.78 is 0. The molecule has 0 aromatic carbocycles. The summed E-state index contributed by atoms with van der Waals surface area (Å²) in [5.74, 6) is 1.07. The maximum atomic E-state index is 5.51. The lowest BCUT2D eigenvalue weighted by Gasteiger charge is -2.35. The van der Waals surface area contributed by atoms with Crippen molar-refractivity contribution in [3.63, 3.8) is 0 Å². The molecule has 1 aromatic heterocycles. The van der Waals surface area contributed by atoms with Crippen molar-refractivity contribution in [1.29, 1.82) is 0 Å². The molecule has 1 aliphatic rings. The molecule has 5 nitrogen and oxygen atoms in total. The lowest BCUT2D eigenvalue weighted by molar-refractivity contribution is 0.252. The summed E-state index contributed by atoms with van der Waals surface area (Å²) in [6.07, 6.45) is 5.33. The summed E-state index contributed by atoms with van der Waals surface area (Å²) in [5.41, 5.74) is 6.55. The highest BCUT2D eigenvalue weighted by molar-refractivity contribution is 5.39. The van der Waals surface area contributed by atoms with E-state index < -0.39 is 0 Å². The minimum Gasteiger partial charge on any atom is -0.354 e. The van der Waals surface area contributed by atoms with Crippen LogP contribution in [0.25, 0.3) is 0 Å². The normalized spacial score (nSPS) is 16.8. The van der Waals surface area contributed by atoms with E-state index in [1.54, 1.807) is 6.33 Å². The maximum absolute atomic E-state index is 5.51. The Hall–Kier alpha value is -1.20. The molecule has 0 unspecified atom stereocenters. The van der Waals surface area contributed by atoms with Crippen molar-refractivity contribution >= 4 is 5.82 Å². The third-order valence-electron chi connectivity index (χ3n) is 3.66. The Morgan fingerprint density at radius 1 is 1.11 bits per heavy atom. The van der Waals surface area contributed by atoms with E-state index in [0.29, 0.717) is 0 Å². The Labute approximate surface area is 115 Å². The van der Waals surface area contributed by atoms with Crippen molar-refractivity contribution in [2.24, 2.45) is 5.73 Å². The van der Waals surface area contributed by atoms with Crippen molar-refractivity contribution in [2.75, 3.05) is 44.2 Å². The number of aromatic nitrogens is 2. The van der Waals surface area contributed by atoms with Gasteiger partial charge in [-0.05, 0) is 32.9 Å². The molecular weight excluding hydrogens is 238 g/mol. The number of nitrogens with two attached hydrogens (primary N) is 1. The van der Waals surface area contributed by atoms with Crippen molar-refractivity contribution in [2.45, 2.75) is 26.2 Å². The molecule has 106 valence electrons. The van der Waals surface area contributed by atoms with E-state index >= 15 is 0 Å². The lowest BCUT2D eigenvalue weighted by Crippen LogP contribution is -2.47. The fourth-order valence-corrected chi connectivity index (χ4v) is 2.47. The van der Waals surface area contributed by atoms with Gasteiger partial charge in [-0.15, -0.1) is 0 Å². The van der Waals surface area contributed by atoms with Crippen LogP contribution in [0.5, 0.6) is 0 Å². The van der Waals surface area contributed by atoms with E-state index in [2.05, 4.69) is 25.8 Å². The van der Waals surface area contributed by atoms with Gasteiger partial charge in [0.05, 0.1) is 0 Å². The van der Waals surface area contributed by atoms with Crippen LogP contribution in [0.4, 0.5) is 5.82 Å². The lowest BCUT2D eigenvalue weighted by atomic mass is 10.2. The van der Waals surface area contributed by atoms with Crippen LogP contribution in [0, 0.1) is 6.92 Å². The fraction of sp³-hybridized carbons (Fsp3) is 0.714. The molecule has 1 fully saturated rings. The second-order valence-electron chi connectivity index (χ2n) is 5.20. The number of hydrogen-bond donors (Lipinski definition) is 1. The molecule has 1 saturated heterocycles. The molecule has 0 spiro atoms. The van der Waals surface area contributed by atoms with E-state index in [0.717, 1.165) is 50.7 Å². The monoisotopic (exact) mass is 263 g/mol. The topological polar surface area (TPSA) is 58.3 Å². The van der Waals surface area contributed by atoms with Crippen LogP contribution in [-0.2, 0) is 0 Å². The molecule has 0 aliphatic carbocycles. The Bertz CT molecular complexity index is 374.